The molecule has 1 unspecified atom stereocenters. The zero-order valence-electron chi connectivity index (χ0n) is 13.4. The Bertz CT molecular complexity index is 475. The molecule has 21 heavy (non-hydrogen) atoms. The number of nitrogens with one attached hydrogen (secondary N) is 2. The number of rotatable bonds is 7. The zero-order chi connectivity index (χ0) is 16.0. The molecule has 0 spiro atoms. The lowest BCUT2D eigenvalue weighted by atomic mass is 10.2. The molecule has 0 bridgehead atoms. The highest BCUT2D eigenvalue weighted by Gasteiger charge is 2.18. The van der Waals surface area contributed by atoms with Crippen LogP contribution in [0.25, 0.3) is 0 Å². The van der Waals surface area contributed by atoms with E-state index in [1.165, 1.54) is 0 Å². The number of benzene rings is 1. The van der Waals surface area contributed by atoms with Crippen molar-refractivity contribution < 1.29 is 9.53 Å². The van der Waals surface area contributed by atoms with Crippen LogP contribution in [0, 0.1) is 0 Å². The summed E-state index contributed by atoms with van der Waals surface area (Å²) < 4.78 is 5.78. The molecule has 0 aliphatic rings. The quantitative estimate of drug-likeness (QED) is 0.813. The van der Waals surface area contributed by atoms with Gasteiger partial charge in [0.2, 0.25) is 0 Å². The van der Waals surface area contributed by atoms with Gasteiger partial charge in [-0.1, -0.05) is 31.5 Å². The molecule has 5 heteroatoms. The predicted molar refractivity (Wildman–Crippen MR) is 86.8 cm³/mol. The number of hydrogen-bond acceptors (Lipinski definition) is 3. The van der Waals surface area contributed by atoms with Crippen LogP contribution in [-0.4, -0.2) is 24.1 Å². The number of ether oxygens (including phenoxy) is 1. The minimum Gasteiger partial charge on any atom is -0.481 e. The second kappa shape index (κ2) is 8.25. The Labute approximate surface area is 132 Å². The van der Waals surface area contributed by atoms with Crippen molar-refractivity contribution in [3.05, 3.63) is 28.8 Å². The van der Waals surface area contributed by atoms with Gasteiger partial charge < -0.3 is 15.4 Å². The molecule has 0 saturated carbocycles. The van der Waals surface area contributed by atoms with Crippen molar-refractivity contribution >= 4 is 17.5 Å². The van der Waals surface area contributed by atoms with Gasteiger partial charge in [-0.3, -0.25) is 4.79 Å². The van der Waals surface area contributed by atoms with Crippen molar-refractivity contribution in [2.24, 2.45) is 0 Å². The molecule has 4 nitrogen and oxygen atoms in total. The first-order valence-corrected chi connectivity index (χ1v) is 7.66. The summed E-state index contributed by atoms with van der Waals surface area (Å²) in [5.74, 6) is 0.509. The second-order valence-corrected chi connectivity index (χ2v) is 6.08. The fourth-order valence-corrected chi connectivity index (χ4v) is 2.01. The smallest absolute Gasteiger partial charge is 0.260 e. The zero-order valence-corrected chi connectivity index (χ0v) is 14.1. The predicted octanol–water partition coefficient (Wildman–Crippen LogP) is 3.13. The standard InChI is InChI=1S/C16H25ClN2O2/c1-10(2)18-9-13-14(17)7-6-8-15(13)21-12(5)16(20)19-11(3)4/h6-8,10-12,18H,9H2,1-5H3,(H,19,20). The topological polar surface area (TPSA) is 50.4 Å². The van der Waals surface area contributed by atoms with E-state index in [9.17, 15) is 4.79 Å². The molecule has 1 aromatic carbocycles. The van der Waals surface area contributed by atoms with Crippen LogP contribution in [0.2, 0.25) is 5.02 Å². The highest BCUT2D eigenvalue weighted by atomic mass is 35.5. The van der Waals surface area contributed by atoms with Gasteiger partial charge in [-0.2, -0.15) is 0 Å². The molecule has 1 rings (SSSR count). The molecule has 0 heterocycles. The Morgan fingerprint density at radius 2 is 1.86 bits per heavy atom. The van der Waals surface area contributed by atoms with Crippen LogP contribution >= 0.6 is 11.6 Å². The lowest BCUT2D eigenvalue weighted by Gasteiger charge is -2.20. The van der Waals surface area contributed by atoms with E-state index in [-0.39, 0.29) is 11.9 Å². The van der Waals surface area contributed by atoms with Crippen LogP contribution in [0.4, 0.5) is 0 Å². The third-order valence-corrected chi connectivity index (χ3v) is 3.22. The molecule has 118 valence electrons. The van der Waals surface area contributed by atoms with E-state index < -0.39 is 6.10 Å². The average molecular weight is 313 g/mol. The van der Waals surface area contributed by atoms with Gasteiger partial charge in [0, 0.05) is 29.2 Å². The van der Waals surface area contributed by atoms with Gasteiger partial charge in [-0.25, -0.2) is 0 Å². The van der Waals surface area contributed by atoms with Gasteiger partial charge in [0.25, 0.3) is 5.91 Å². The van der Waals surface area contributed by atoms with Crippen molar-refractivity contribution in [2.45, 2.75) is 59.4 Å². The number of hydrogen-bond donors (Lipinski definition) is 2. The first kappa shape index (κ1) is 17.8. The molecule has 0 aliphatic carbocycles. The van der Waals surface area contributed by atoms with Gasteiger partial charge in [0.15, 0.2) is 6.10 Å². The van der Waals surface area contributed by atoms with Crippen LogP contribution in [0.15, 0.2) is 18.2 Å². The molecule has 1 aromatic rings. The summed E-state index contributed by atoms with van der Waals surface area (Å²) >= 11 is 6.24. The van der Waals surface area contributed by atoms with E-state index >= 15 is 0 Å². The Morgan fingerprint density at radius 1 is 1.19 bits per heavy atom. The van der Waals surface area contributed by atoms with E-state index in [4.69, 9.17) is 16.3 Å². The summed E-state index contributed by atoms with van der Waals surface area (Å²) in [6.07, 6.45) is -0.566. The van der Waals surface area contributed by atoms with Gasteiger partial charge in [0.1, 0.15) is 5.75 Å². The van der Waals surface area contributed by atoms with Gasteiger partial charge in [-0.05, 0) is 32.9 Å². The number of halogens is 1. The molecule has 1 amide bonds. The fourth-order valence-electron chi connectivity index (χ4n) is 1.77. The maximum absolute atomic E-state index is 11.9. The largest absolute Gasteiger partial charge is 0.481 e. The molecule has 0 aromatic heterocycles. The highest BCUT2D eigenvalue weighted by molar-refractivity contribution is 6.31. The lowest BCUT2D eigenvalue weighted by molar-refractivity contribution is -0.127. The van der Waals surface area contributed by atoms with E-state index in [0.29, 0.717) is 23.4 Å². The van der Waals surface area contributed by atoms with Crippen molar-refractivity contribution in [3.8, 4) is 5.75 Å². The molecule has 0 radical (unpaired) electrons. The summed E-state index contributed by atoms with van der Waals surface area (Å²) in [5, 5.41) is 6.78. The summed E-state index contributed by atoms with van der Waals surface area (Å²) in [6.45, 7) is 10.3. The number of carbonyl (C=O) groups is 1. The second-order valence-electron chi connectivity index (χ2n) is 5.68. The fraction of sp³-hybridized carbons (Fsp3) is 0.562. The number of carbonyl (C=O) groups excluding carboxylic acids is 1. The molecule has 2 N–H and O–H groups in total. The minimum atomic E-state index is -0.566. The summed E-state index contributed by atoms with van der Waals surface area (Å²) in [7, 11) is 0. The third-order valence-electron chi connectivity index (χ3n) is 2.87. The maximum Gasteiger partial charge on any atom is 0.260 e. The highest BCUT2D eigenvalue weighted by Crippen LogP contribution is 2.27. The normalized spacial score (nSPS) is 12.6. The minimum absolute atomic E-state index is 0.0880. The molecular formula is C16H25ClN2O2. The van der Waals surface area contributed by atoms with Crippen molar-refractivity contribution in [1.29, 1.82) is 0 Å². The Kier molecular flexibility index (Phi) is 6.99. The number of amides is 1. The van der Waals surface area contributed by atoms with Crippen LogP contribution in [0.1, 0.15) is 40.2 Å². The molecular weight excluding hydrogens is 288 g/mol. The van der Waals surface area contributed by atoms with Crippen molar-refractivity contribution in [1.82, 2.24) is 10.6 Å². The average Bonchev–Trinajstić information content (AvgIpc) is 2.36. The van der Waals surface area contributed by atoms with Crippen LogP contribution in [0.5, 0.6) is 5.75 Å². The maximum atomic E-state index is 11.9. The molecule has 0 fully saturated rings. The summed E-state index contributed by atoms with van der Waals surface area (Å²) in [6, 6.07) is 5.91. The summed E-state index contributed by atoms with van der Waals surface area (Å²) in [5.41, 5.74) is 0.872. The van der Waals surface area contributed by atoms with E-state index in [0.717, 1.165) is 5.56 Å². The summed E-state index contributed by atoms with van der Waals surface area (Å²) in [4.78, 5) is 11.9. The van der Waals surface area contributed by atoms with E-state index in [2.05, 4.69) is 24.5 Å². The van der Waals surface area contributed by atoms with Crippen molar-refractivity contribution in [3.63, 3.8) is 0 Å². The first-order valence-electron chi connectivity index (χ1n) is 7.29. The Balaban J connectivity index is 2.82. The van der Waals surface area contributed by atoms with Crippen LogP contribution in [0.3, 0.4) is 0 Å². The van der Waals surface area contributed by atoms with Crippen LogP contribution < -0.4 is 15.4 Å². The molecule has 0 saturated heterocycles. The van der Waals surface area contributed by atoms with Gasteiger partial charge in [0.05, 0.1) is 0 Å². The van der Waals surface area contributed by atoms with Gasteiger partial charge in [-0.15, -0.1) is 0 Å². The lowest BCUT2D eigenvalue weighted by Crippen LogP contribution is -2.40. The molecule has 1 atom stereocenters. The Hall–Kier alpha value is -1.26. The van der Waals surface area contributed by atoms with Crippen LogP contribution in [-0.2, 0) is 11.3 Å². The SMILES string of the molecule is CC(C)NCc1c(Cl)cccc1OC(C)C(=O)NC(C)C. The monoisotopic (exact) mass is 312 g/mol. The van der Waals surface area contributed by atoms with E-state index in [1.54, 1.807) is 6.92 Å². The first-order chi connectivity index (χ1) is 9.81. The van der Waals surface area contributed by atoms with E-state index in [1.807, 2.05) is 32.0 Å². The van der Waals surface area contributed by atoms with Crippen molar-refractivity contribution in [2.75, 3.05) is 0 Å². The van der Waals surface area contributed by atoms with Gasteiger partial charge >= 0.3 is 0 Å². The molecule has 0 aliphatic heterocycles. The third kappa shape index (κ3) is 5.94. The Morgan fingerprint density at radius 3 is 2.43 bits per heavy atom.